The quantitative estimate of drug-likeness (QED) is 0.592. The van der Waals surface area contributed by atoms with E-state index in [9.17, 15) is 9.59 Å². The Balaban J connectivity index is 1.52. The predicted molar refractivity (Wildman–Crippen MR) is 96.0 cm³/mol. The maximum absolute atomic E-state index is 12.1. The molecule has 1 aliphatic heterocycles. The lowest BCUT2D eigenvalue weighted by atomic mass is 9.91. The van der Waals surface area contributed by atoms with Crippen LogP contribution in [0.25, 0.3) is 0 Å². The molecular weight excluding hydrogens is 331 g/mol. The number of rotatable bonds is 6. The molecule has 0 aromatic heterocycles. The van der Waals surface area contributed by atoms with Gasteiger partial charge < -0.3 is 14.2 Å². The summed E-state index contributed by atoms with van der Waals surface area (Å²) in [5.74, 6) is -0.943. The zero-order chi connectivity index (χ0) is 18.4. The minimum atomic E-state index is -0.462. The summed E-state index contributed by atoms with van der Waals surface area (Å²) < 4.78 is 16.3. The van der Waals surface area contributed by atoms with Gasteiger partial charge in [0.2, 0.25) is 0 Å². The smallest absolute Gasteiger partial charge is 0.338 e. The zero-order valence-electron chi connectivity index (χ0n) is 14.2. The predicted octanol–water partition coefficient (Wildman–Crippen LogP) is 2.60. The number of benzene rings is 2. The molecule has 1 fully saturated rings. The van der Waals surface area contributed by atoms with Gasteiger partial charge in [-0.15, -0.1) is 0 Å². The first-order valence-corrected chi connectivity index (χ1v) is 8.49. The van der Waals surface area contributed by atoms with Crippen LogP contribution >= 0.6 is 0 Å². The molecule has 132 valence electrons. The largest absolute Gasteiger partial charge is 0.462 e. The van der Waals surface area contributed by atoms with E-state index >= 15 is 0 Å². The summed E-state index contributed by atoms with van der Waals surface area (Å²) >= 11 is 0. The third-order valence-corrected chi connectivity index (χ3v) is 4.24. The summed E-state index contributed by atoms with van der Waals surface area (Å²) in [5.41, 5.74) is 0.963. The van der Waals surface area contributed by atoms with Crippen molar-refractivity contribution < 1.29 is 23.8 Å². The second-order valence-electron chi connectivity index (χ2n) is 6.14. The standard InChI is InChI=1S/C20H19BO5/c21-18-11-16(12-24-19(22)14-7-3-1-4-8-14)17(26-18)13-25-20(23)15-9-5-2-6-10-15/h1-10,16-18H,11-13H2. The number of hydrogen-bond acceptors (Lipinski definition) is 5. The zero-order valence-corrected chi connectivity index (χ0v) is 14.2. The molecule has 3 unspecified atom stereocenters. The molecule has 6 heteroatoms. The van der Waals surface area contributed by atoms with E-state index in [4.69, 9.17) is 22.1 Å². The first-order chi connectivity index (χ1) is 12.6. The molecule has 3 atom stereocenters. The van der Waals surface area contributed by atoms with E-state index in [-0.39, 0.29) is 19.1 Å². The van der Waals surface area contributed by atoms with E-state index < -0.39 is 24.0 Å². The van der Waals surface area contributed by atoms with E-state index in [1.807, 2.05) is 12.1 Å². The van der Waals surface area contributed by atoms with Gasteiger partial charge in [-0.2, -0.15) is 0 Å². The van der Waals surface area contributed by atoms with E-state index in [1.54, 1.807) is 48.5 Å². The molecule has 0 spiro atoms. The van der Waals surface area contributed by atoms with Gasteiger partial charge in [-0.1, -0.05) is 36.4 Å². The van der Waals surface area contributed by atoms with Crippen molar-refractivity contribution in [2.45, 2.75) is 18.5 Å². The molecule has 26 heavy (non-hydrogen) atoms. The van der Waals surface area contributed by atoms with Gasteiger partial charge in [-0.25, -0.2) is 9.59 Å². The van der Waals surface area contributed by atoms with Crippen LogP contribution in [0.15, 0.2) is 60.7 Å². The maximum Gasteiger partial charge on any atom is 0.338 e. The maximum atomic E-state index is 12.1. The first kappa shape index (κ1) is 18.2. The Kier molecular flexibility index (Phi) is 6.07. The van der Waals surface area contributed by atoms with Crippen molar-refractivity contribution in [3.05, 3.63) is 71.8 Å². The average Bonchev–Trinajstić information content (AvgIpc) is 3.05. The fourth-order valence-corrected chi connectivity index (χ4v) is 2.85. The molecule has 0 saturated carbocycles. The Hall–Kier alpha value is -2.60. The van der Waals surface area contributed by atoms with E-state index in [0.29, 0.717) is 17.5 Å². The summed E-state index contributed by atoms with van der Waals surface area (Å²) in [6, 6.07) is 17.0. The molecule has 0 N–H and O–H groups in total. The summed E-state index contributed by atoms with van der Waals surface area (Å²) in [5, 5.41) is 0. The van der Waals surface area contributed by atoms with Crippen molar-refractivity contribution in [1.29, 1.82) is 0 Å². The van der Waals surface area contributed by atoms with Gasteiger partial charge in [0.25, 0.3) is 0 Å². The molecule has 2 aromatic carbocycles. The van der Waals surface area contributed by atoms with Gasteiger partial charge >= 0.3 is 11.9 Å². The molecule has 2 aromatic rings. The van der Waals surface area contributed by atoms with Crippen LogP contribution in [0, 0.1) is 5.92 Å². The lowest BCUT2D eigenvalue weighted by molar-refractivity contribution is -0.0115. The normalized spacial score (nSPS) is 21.9. The van der Waals surface area contributed by atoms with Crippen LogP contribution in [0.5, 0.6) is 0 Å². The van der Waals surface area contributed by atoms with Crippen LogP contribution in [-0.4, -0.2) is 45.1 Å². The van der Waals surface area contributed by atoms with Crippen LogP contribution in [-0.2, 0) is 14.2 Å². The van der Waals surface area contributed by atoms with Crippen LogP contribution in [0.4, 0.5) is 0 Å². The highest BCUT2D eigenvalue weighted by Crippen LogP contribution is 2.26. The highest BCUT2D eigenvalue weighted by atomic mass is 16.6. The highest BCUT2D eigenvalue weighted by Gasteiger charge is 2.34. The van der Waals surface area contributed by atoms with Crippen molar-refractivity contribution in [2.24, 2.45) is 5.92 Å². The second-order valence-corrected chi connectivity index (χ2v) is 6.14. The van der Waals surface area contributed by atoms with Gasteiger partial charge in [-0.05, 0) is 30.7 Å². The van der Waals surface area contributed by atoms with Crippen molar-refractivity contribution in [2.75, 3.05) is 13.2 Å². The number of hydrogen-bond donors (Lipinski definition) is 0. The number of carbonyl (C=O) groups is 2. The molecule has 0 amide bonds. The number of esters is 2. The monoisotopic (exact) mass is 350 g/mol. The molecular formula is C20H19BO5. The van der Waals surface area contributed by atoms with E-state index in [2.05, 4.69) is 0 Å². The second kappa shape index (κ2) is 8.67. The Bertz CT molecular complexity index is 671. The minimum Gasteiger partial charge on any atom is -0.462 e. The van der Waals surface area contributed by atoms with Crippen molar-refractivity contribution >= 4 is 19.8 Å². The van der Waals surface area contributed by atoms with Gasteiger partial charge in [0.15, 0.2) is 0 Å². The van der Waals surface area contributed by atoms with Crippen LogP contribution in [0.3, 0.4) is 0 Å². The van der Waals surface area contributed by atoms with E-state index in [0.717, 1.165) is 0 Å². The van der Waals surface area contributed by atoms with Crippen LogP contribution in [0.1, 0.15) is 27.1 Å². The summed E-state index contributed by atoms with van der Waals surface area (Å²) in [7, 11) is 5.85. The fourth-order valence-electron chi connectivity index (χ4n) is 2.85. The van der Waals surface area contributed by atoms with Crippen molar-refractivity contribution in [3.8, 4) is 0 Å². The van der Waals surface area contributed by atoms with Gasteiger partial charge in [0.1, 0.15) is 14.5 Å². The molecule has 1 saturated heterocycles. The van der Waals surface area contributed by atoms with Gasteiger partial charge in [-0.3, -0.25) is 0 Å². The Labute approximate surface area is 153 Å². The van der Waals surface area contributed by atoms with Gasteiger partial charge in [0, 0.05) is 11.9 Å². The summed E-state index contributed by atoms with van der Waals surface area (Å²) in [6.07, 6.45) is 0.136. The molecule has 0 aliphatic carbocycles. The molecule has 0 bridgehead atoms. The van der Waals surface area contributed by atoms with Crippen LogP contribution < -0.4 is 0 Å². The number of ether oxygens (including phenoxy) is 3. The minimum absolute atomic E-state index is 0.0645. The topological polar surface area (TPSA) is 61.8 Å². The lowest BCUT2D eigenvalue weighted by Gasteiger charge is -2.18. The van der Waals surface area contributed by atoms with E-state index in [1.165, 1.54) is 0 Å². The van der Waals surface area contributed by atoms with Gasteiger partial charge in [0.05, 0.1) is 23.8 Å². The Morgan fingerprint density at radius 3 is 1.92 bits per heavy atom. The van der Waals surface area contributed by atoms with Crippen molar-refractivity contribution in [3.63, 3.8) is 0 Å². The van der Waals surface area contributed by atoms with Crippen molar-refractivity contribution in [1.82, 2.24) is 0 Å². The van der Waals surface area contributed by atoms with Crippen LogP contribution in [0.2, 0.25) is 0 Å². The highest BCUT2D eigenvalue weighted by molar-refractivity contribution is 6.11. The summed E-state index contributed by atoms with van der Waals surface area (Å²) in [4.78, 5) is 24.1. The molecule has 1 aliphatic rings. The molecule has 2 radical (unpaired) electrons. The average molecular weight is 350 g/mol. The SMILES string of the molecule is [B]C1CC(COC(=O)c2ccccc2)C(COC(=O)c2ccccc2)O1. The Morgan fingerprint density at radius 1 is 0.885 bits per heavy atom. The lowest BCUT2D eigenvalue weighted by Crippen LogP contribution is -2.28. The Morgan fingerprint density at radius 2 is 1.38 bits per heavy atom. The molecule has 1 heterocycles. The summed E-state index contributed by atoms with van der Waals surface area (Å²) in [6.45, 7) is 0.226. The third-order valence-electron chi connectivity index (χ3n) is 4.24. The number of carbonyl (C=O) groups excluding carboxylic acids is 2. The fraction of sp³-hybridized carbons (Fsp3) is 0.300. The third kappa shape index (κ3) is 4.73. The molecule has 3 rings (SSSR count). The molecule has 5 nitrogen and oxygen atoms in total. The first-order valence-electron chi connectivity index (χ1n) is 8.49.